The van der Waals surface area contributed by atoms with Gasteiger partial charge in [-0.25, -0.2) is 0 Å². The monoisotopic (exact) mass is 444 g/mol. The molecule has 0 aliphatic carbocycles. The Hall–Kier alpha value is -2.82. The van der Waals surface area contributed by atoms with Gasteiger partial charge in [0.2, 0.25) is 0 Å². The Morgan fingerprint density at radius 2 is 1.15 bits per heavy atom. The second-order valence-corrected chi connectivity index (χ2v) is 8.97. The van der Waals surface area contributed by atoms with Crippen molar-refractivity contribution < 1.29 is 18.9 Å². The average Bonchev–Trinajstić information content (AvgIpc) is 3.77. The van der Waals surface area contributed by atoms with Gasteiger partial charge in [-0.05, 0) is 84.7 Å². The van der Waals surface area contributed by atoms with E-state index in [4.69, 9.17) is 18.9 Å². The number of ether oxygens (including phenoxy) is 4. The molecule has 0 spiro atoms. The van der Waals surface area contributed by atoms with Crippen LogP contribution in [0, 0.1) is 6.92 Å². The van der Waals surface area contributed by atoms with Gasteiger partial charge >= 0.3 is 0 Å². The van der Waals surface area contributed by atoms with E-state index < -0.39 is 0 Å². The summed E-state index contributed by atoms with van der Waals surface area (Å²) in [5.41, 5.74) is 5.97. The molecule has 3 aromatic carbocycles. The lowest BCUT2D eigenvalue weighted by atomic mass is 9.99. The highest BCUT2D eigenvalue weighted by Crippen LogP contribution is 2.29. The van der Waals surface area contributed by atoms with Crippen LogP contribution in [0.1, 0.15) is 31.2 Å². The Kier molecular flexibility index (Phi) is 6.94. The van der Waals surface area contributed by atoms with E-state index in [1.54, 1.807) is 0 Å². The van der Waals surface area contributed by atoms with Crippen LogP contribution in [0.5, 0.6) is 11.5 Å². The van der Waals surface area contributed by atoms with Gasteiger partial charge in [0, 0.05) is 0 Å². The van der Waals surface area contributed by atoms with E-state index in [1.807, 2.05) is 0 Å². The fourth-order valence-electron chi connectivity index (χ4n) is 4.05. The molecule has 5 rings (SSSR count). The van der Waals surface area contributed by atoms with Gasteiger partial charge < -0.3 is 18.9 Å². The first-order valence-corrected chi connectivity index (χ1v) is 12.0. The number of epoxide rings is 2. The molecule has 0 radical (unpaired) electrons. The summed E-state index contributed by atoms with van der Waals surface area (Å²) < 4.78 is 22.3. The van der Waals surface area contributed by atoms with Crippen LogP contribution in [0.3, 0.4) is 0 Å². The Morgan fingerprint density at radius 1 is 0.667 bits per heavy atom. The zero-order chi connectivity index (χ0) is 22.5. The molecule has 0 aromatic heterocycles. The third-order valence-corrected chi connectivity index (χ3v) is 6.25. The summed E-state index contributed by atoms with van der Waals surface area (Å²) in [7, 11) is 0. The molecule has 2 fully saturated rings. The number of rotatable bonds is 12. The molecule has 2 saturated heterocycles. The van der Waals surface area contributed by atoms with Crippen molar-refractivity contribution in [2.45, 2.75) is 44.8 Å². The van der Waals surface area contributed by atoms with Crippen LogP contribution in [0.2, 0.25) is 0 Å². The lowest BCUT2D eigenvalue weighted by molar-refractivity contribution is 0.292. The second kappa shape index (κ2) is 10.4. The van der Waals surface area contributed by atoms with Crippen LogP contribution >= 0.6 is 0 Å². The van der Waals surface area contributed by atoms with E-state index in [0.717, 1.165) is 63.6 Å². The molecule has 2 atom stereocenters. The minimum Gasteiger partial charge on any atom is -0.494 e. The molecular weight excluding hydrogens is 412 g/mol. The predicted octanol–water partition coefficient (Wildman–Crippen LogP) is 6.44. The van der Waals surface area contributed by atoms with Gasteiger partial charge in [-0.1, -0.05) is 42.5 Å². The van der Waals surface area contributed by atoms with E-state index >= 15 is 0 Å². The summed E-state index contributed by atoms with van der Waals surface area (Å²) in [5, 5.41) is 0. The fourth-order valence-corrected chi connectivity index (χ4v) is 4.05. The largest absolute Gasteiger partial charge is 0.494 e. The van der Waals surface area contributed by atoms with Crippen LogP contribution in [-0.2, 0) is 9.47 Å². The quantitative estimate of drug-likeness (QED) is 0.238. The van der Waals surface area contributed by atoms with Gasteiger partial charge in [0.05, 0.1) is 38.6 Å². The average molecular weight is 445 g/mol. The van der Waals surface area contributed by atoms with Crippen molar-refractivity contribution in [2.24, 2.45) is 0 Å². The Balaban J connectivity index is 1.15. The minimum atomic E-state index is 0.476. The topological polar surface area (TPSA) is 43.5 Å². The van der Waals surface area contributed by atoms with Crippen molar-refractivity contribution in [3.63, 3.8) is 0 Å². The van der Waals surface area contributed by atoms with Gasteiger partial charge in [-0.15, -0.1) is 0 Å². The van der Waals surface area contributed by atoms with E-state index in [9.17, 15) is 0 Å². The Morgan fingerprint density at radius 3 is 1.70 bits per heavy atom. The van der Waals surface area contributed by atoms with Crippen LogP contribution in [0.25, 0.3) is 22.3 Å². The molecule has 2 unspecified atom stereocenters. The molecule has 3 aromatic rings. The van der Waals surface area contributed by atoms with Gasteiger partial charge in [-0.3, -0.25) is 0 Å². The third-order valence-electron chi connectivity index (χ3n) is 6.25. The first-order valence-electron chi connectivity index (χ1n) is 12.0. The first kappa shape index (κ1) is 22.0. The van der Waals surface area contributed by atoms with Gasteiger partial charge in [-0.2, -0.15) is 0 Å². The molecule has 0 amide bonds. The molecule has 0 bridgehead atoms. The molecule has 2 aliphatic rings. The molecule has 33 heavy (non-hydrogen) atoms. The van der Waals surface area contributed by atoms with Crippen molar-refractivity contribution in [3.8, 4) is 33.8 Å². The van der Waals surface area contributed by atoms with Gasteiger partial charge in [0.1, 0.15) is 11.5 Å². The molecule has 0 N–H and O–H groups in total. The highest BCUT2D eigenvalue weighted by atomic mass is 16.6. The third kappa shape index (κ3) is 6.37. The Labute approximate surface area is 196 Å². The highest BCUT2D eigenvalue weighted by Gasteiger charge is 2.21. The molecule has 0 saturated carbocycles. The summed E-state index contributed by atoms with van der Waals surface area (Å²) in [6, 6.07) is 23.5. The van der Waals surface area contributed by atoms with Crippen LogP contribution in [-0.4, -0.2) is 38.6 Å². The smallest absolute Gasteiger partial charge is 0.122 e. The van der Waals surface area contributed by atoms with E-state index in [2.05, 4.69) is 73.7 Å². The van der Waals surface area contributed by atoms with Crippen molar-refractivity contribution >= 4 is 0 Å². The molecule has 4 nitrogen and oxygen atoms in total. The second-order valence-electron chi connectivity index (χ2n) is 8.97. The molecule has 172 valence electrons. The van der Waals surface area contributed by atoms with Crippen molar-refractivity contribution in [1.82, 2.24) is 0 Å². The minimum absolute atomic E-state index is 0.476. The summed E-state index contributed by atoms with van der Waals surface area (Å²) in [4.78, 5) is 0. The maximum atomic E-state index is 5.97. The zero-order valence-electron chi connectivity index (χ0n) is 19.3. The number of aryl methyl sites for hydroxylation is 1. The van der Waals surface area contributed by atoms with E-state index in [1.165, 1.54) is 27.8 Å². The van der Waals surface area contributed by atoms with Crippen molar-refractivity contribution in [3.05, 3.63) is 72.3 Å². The van der Waals surface area contributed by atoms with E-state index in [0.29, 0.717) is 12.2 Å². The number of hydrogen-bond acceptors (Lipinski definition) is 4. The van der Waals surface area contributed by atoms with Gasteiger partial charge in [0.15, 0.2) is 0 Å². The standard InChI is InChI=1S/C29H32O4/c1-21-18-25(12-15-29(21)31-17-3-5-28-20-33-28)24-8-6-22(7-9-24)23-10-13-26(14-11-23)30-16-2-4-27-19-32-27/h6-15,18,27-28H,2-5,16-17,19-20H2,1H3. The maximum absolute atomic E-state index is 5.97. The van der Waals surface area contributed by atoms with Crippen molar-refractivity contribution in [2.75, 3.05) is 26.4 Å². The molecule has 2 aliphatic heterocycles. The van der Waals surface area contributed by atoms with E-state index in [-0.39, 0.29) is 0 Å². The fraction of sp³-hybridized carbons (Fsp3) is 0.379. The summed E-state index contributed by atoms with van der Waals surface area (Å²) >= 11 is 0. The summed E-state index contributed by atoms with van der Waals surface area (Å²) in [6.45, 7) is 5.44. The van der Waals surface area contributed by atoms with Crippen molar-refractivity contribution in [1.29, 1.82) is 0 Å². The number of hydrogen-bond donors (Lipinski definition) is 0. The zero-order valence-corrected chi connectivity index (χ0v) is 19.3. The predicted molar refractivity (Wildman–Crippen MR) is 131 cm³/mol. The lowest BCUT2D eigenvalue weighted by Crippen LogP contribution is -2.00. The van der Waals surface area contributed by atoms with Crippen LogP contribution in [0.15, 0.2) is 66.7 Å². The van der Waals surface area contributed by atoms with Gasteiger partial charge in [0.25, 0.3) is 0 Å². The van der Waals surface area contributed by atoms with Crippen LogP contribution < -0.4 is 9.47 Å². The van der Waals surface area contributed by atoms with Crippen LogP contribution in [0.4, 0.5) is 0 Å². The Bertz CT molecular complexity index is 1030. The summed E-state index contributed by atoms with van der Waals surface area (Å²) in [5.74, 6) is 1.89. The maximum Gasteiger partial charge on any atom is 0.122 e. The number of benzene rings is 3. The molecule has 2 heterocycles. The molecular formula is C29H32O4. The SMILES string of the molecule is Cc1cc(-c2ccc(-c3ccc(OCCCC4CO4)cc3)cc2)ccc1OCCCC1CO1. The summed E-state index contributed by atoms with van der Waals surface area (Å²) in [6.07, 6.45) is 5.22. The highest BCUT2D eigenvalue weighted by molar-refractivity contribution is 5.71. The lowest BCUT2D eigenvalue weighted by Gasteiger charge is -2.11. The normalized spacial score (nSPS) is 18.7. The molecule has 4 heteroatoms. The first-order chi connectivity index (χ1) is 16.2.